The van der Waals surface area contributed by atoms with Gasteiger partial charge in [0, 0.05) is 29.5 Å². The first kappa shape index (κ1) is 15.4. The minimum Gasteiger partial charge on any atom is -0.326 e. The summed E-state index contributed by atoms with van der Waals surface area (Å²) >= 11 is 0. The number of hydrogen-bond donors (Lipinski definition) is 2. The average molecular weight is 321 g/mol. The Hall–Kier alpha value is -3.48. The van der Waals surface area contributed by atoms with Crippen molar-refractivity contribution >= 4 is 23.2 Å². The molecule has 0 spiro atoms. The van der Waals surface area contributed by atoms with Gasteiger partial charge in [0.2, 0.25) is 5.91 Å². The number of aromatic nitrogens is 3. The molecule has 0 saturated heterocycles. The normalized spacial score (nSPS) is 10.2. The molecule has 1 aromatic heterocycles. The molecule has 1 heterocycles. The maximum Gasteiger partial charge on any atom is 0.255 e. The molecule has 0 bridgehead atoms. The summed E-state index contributed by atoms with van der Waals surface area (Å²) in [5.74, 6) is -0.349. The first-order valence-electron chi connectivity index (χ1n) is 7.26. The number of nitrogens with zero attached hydrogens (tertiary/aromatic N) is 3. The minimum absolute atomic E-state index is 0.139. The van der Waals surface area contributed by atoms with E-state index in [0.29, 0.717) is 16.9 Å². The van der Waals surface area contributed by atoms with Gasteiger partial charge >= 0.3 is 0 Å². The lowest BCUT2D eigenvalue weighted by molar-refractivity contribution is -0.114. The molecular formula is C17H15N5O2. The SMILES string of the molecule is CC(=O)Nc1ccc(NC(=O)c2ccc(-n3cnnc3)cc2)cc1. The molecule has 0 aliphatic rings. The van der Waals surface area contributed by atoms with E-state index in [4.69, 9.17) is 0 Å². The van der Waals surface area contributed by atoms with Crippen LogP contribution in [-0.2, 0) is 4.79 Å². The summed E-state index contributed by atoms with van der Waals surface area (Å²) in [7, 11) is 0. The molecule has 0 aliphatic carbocycles. The first-order chi connectivity index (χ1) is 11.6. The predicted molar refractivity (Wildman–Crippen MR) is 90.1 cm³/mol. The van der Waals surface area contributed by atoms with Crippen LogP contribution in [0.4, 0.5) is 11.4 Å². The largest absolute Gasteiger partial charge is 0.326 e. The smallest absolute Gasteiger partial charge is 0.255 e. The van der Waals surface area contributed by atoms with Crippen molar-refractivity contribution in [2.75, 3.05) is 10.6 Å². The summed E-state index contributed by atoms with van der Waals surface area (Å²) in [6.07, 6.45) is 3.18. The lowest BCUT2D eigenvalue weighted by atomic mass is 10.2. The zero-order chi connectivity index (χ0) is 16.9. The highest BCUT2D eigenvalue weighted by Crippen LogP contribution is 2.15. The fourth-order valence-corrected chi connectivity index (χ4v) is 2.16. The number of carbonyl (C=O) groups is 2. The van der Waals surface area contributed by atoms with Crippen LogP contribution in [0.25, 0.3) is 5.69 Å². The van der Waals surface area contributed by atoms with E-state index in [1.807, 2.05) is 12.1 Å². The number of carbonyl (C=O) groups excluding carboxylic acids is 2. The molecule has 24 heavy (non-hydrogen) atoms. The van der Waals surface area contributed by atoms with Crippen molar-refractivity contribution in [2.24, 2.45) is 0 Å². The van der Waals surface area contributed by atoms with Gasteiger partial charge in [0.05, 0.1) is 0 Å². The number of anilines is 2. The Morgan fingerprint density at radius 1 is 0.833 bits per heavy atom. The van der Waals surface area contributed by atoms with Gasteiger partial charge in [0.15, 0.2) is 0 Å². The Kier molecular flexibility index (Phi) is 4.33. The van der Waals surface area contributed by atoms with E-state index >= 15 is 0 Å². The average Bonchev–Trinajstić information content (AvgIpc) is 3.11. The molecule has 3 rings (SSSR count). The number of benzene rings is 2. The Labute approximate surface area is 138 Å². The zero-order valence-electron chi connectivity index (χ0n) is 12.9. The molecule has 7 nitrogen and oxygen atoms in total. The highest BCUT2D eigenvalue weighted by atomic mass is 16.2. The second-order valence-electron chi connectivity index (χ2n) is 5.13. The van der Waals surface area contributed by atoms with Crippen LogP contribution in [0.3, 0.4) is 0 Å². The van der Waals surface area contributed by atoms with E-state index in [1.54, 1.807) is 53.6 Å². The Morgan fingerprint density at radius 3 is 1.92 bits per heavy atom. The number of rotatable bonds is 4. The van der Waals surface area contributed by atoms with E-state index in [2.05, 4.69) is 20.8 Å². The van der Waals surface area contributed by atoms with E-state index < -0.39 is 0 Å². The topological polar surface area (TPSA) is 88.9 Å². The maximum absolute atomic E-state index is 12.3. The van der Waals surface area contributed by atoms with Gasteiger partial charge in [-0.25, -0.2) is 0 Å². The summed E-state index contributed by atoms with van der Waals surface area (Å²) in [4.78, 5) is 23.2. The van der Waals surface area contributed by atoms with Crippen LogP contribution in [-0.4, -0.2) is 26.6 Å². The van der Waals surface area contributed by atoms with E-state index in [0.717, 1.165) is 5.69 Å². The molecule has 0 fully saturated rings. The highest BCUT2D eigenvalue weighted by Gasteiger charge is 2.07. The molecule has 2 amide bonds. The van der Waals surface area contributed by atoms with Crippen LogP contribution < -0.4 is 10.6 Å². The van der Waals surface area contributed by atoms with Gasteiger partial charge in [-0.05, 0) is 48.5 Å². The van der Waals surface area contributed by atoms with Crippen molar-refractivity contribution in [3.63, 3.8) is 0 Å². The zero-order valence-corrected chi connectivity index (χ0v) is 12.9. The molecule has 2 aromatic carbocycles. The minimum atomic E-state index is -0.211. The third-order valence-electron chi connectivity index (χ3n) is 3.31. The molecule has 2 N–H and O–H groups in total. The fourth-order valence-electron chi connectivity index (χ4n) is 2.16. The Balaban J connectivity index is 1.67. The van der Waals surface area contributed by atoms with Crippen LogP contribution in [0, 0.1) is 0 Å². The summed E-state index contributed by atoms with van der Waals surface area (Å²) in [6.45, 7) is 1.44. The third-order valence-corrected chi connectivity index (χ3v) is 3.31. The van der Waals surface area contributed by atoms with Crippen LogP contribution in [0.15, 0.2) is 61.2 Å². The van der Waals surface area contributed by atoms with Crippen LogP contribution in [0.2, 0.25) is 0 Å². The van der Waals surface area contributed by atoms with Crippen molar-refractivity contribution in [3.05, 3.63) is 66.7 Å². The number of amides is 2. The number of nitrogens with one attached hydrogen (secondary N) is 2. The lowest BCUT2D eigenvalue weighted by Gasteiger charge is -2.08. The van der Waals surface area contributed by atoms with Crippen molar-refractivity contribution in [1.82, 2.24) is 14.8 Å². The van der Waals surface area contributed by atoms with E-state index in [9.17, 15) is 9.59 Å². The van der Waals surface area contributed by atoms with E-state index in [1.165, 1.54) is 6.92 Å². The molecule has 0 unspecified atom stereocenters. The van der Waals surface area contributed by atoms with Crippen molar-refractivity contribution in [1.29, 1.82) is 0 Å². The van der Waals surface area contributed by atoms with Crippen LogP contribution in [0.5, 0.6) is 0 Å². The molecule has 0 aliphatic heterocycles. The summed E-state index contributed by atoms with van der Waals surface area (Å²) < 4.78 is 1.75. The summed E-state index contributed by atoms with van der Waals surface area (Å²) in [5, 5.41) is 13.0. The molecule has 7 heteroatoms. The van der Waals surface area contributed by atoms with Crippen LogP contribution in [0.1, 0.15) is 17.3 Å². The second-order valence-corrected chi connectivity index (χ2v) is 5.13. The van der Waals surface area contributed by atoms with Gasteiger partial charge in [0.25, 0.3) is 5.91 Å². The monoisotopic (exact) mass is 321 g/mol. The summed E-state index contributed by atoms with van der Waals surface area (Å²) in [6, 6.07) is 14.0. The third kappa shape index (κ3) is 3.64. The summed E-state index contributed by atoms with van der Waals surface area (Å²) in [5.41, 5.74) is 2.74. The van der Waals surface area contributed by atoms with Gasteiger partial charge in [-0.15, -0.1) is 10.2 Å². The van der Waals surface area contributed by atoms with E-state index in [-0.39, 0.29) is 11.8 Å². The van der Waals surface area contributed by atoms with Gasteiger partial charge in [0.1, 0.15) is 12.7 Å². The molecular weight excluding hydrogens is 306 g/mol. The Bertz CT molecular complexity index is 840. The van der Waals surface area contributed by atoms with Crippen molar-refractivity contribution in [3.8, 4) is 5.69 Å². The first-order valence-corrected chi connectivity index (χ1v) is 7.26. The molecule has 0 radical (unpaired) electrons. The Morgan fingerprint density at radius 2 is 1.38 bits per heavy atom. The van der Waals surface area contributed by atoms with Gasteiger partial charge in [-0.3, -0.25) is 14.2 Å². The standard InChI is InChI=1S/C17H15N5O2/c1-12(23)20-14-4-6-15(7-5-14)21-17(24)13-2-8-16(9-3-13)22-10-18-19-11-22/h2-11H,1H3,(H,20,23)(H,21,24). The van der Waals surface area contributed by atoms with Crippen molar-refractivity contribution < 1.29 is 9.59 Å². The predicted octanol–water partition coefficient (Wildman–Crippen LogP) is 2.48. The molecule has 0 saturated carbocycles. The number of hydrogen-bond acceptors (Lipinski definition) is 4. The molecule has 0 atom stereocenters. The highest BCUT2D eigenvalue weighted by molar-refractivity contribution is 6.04. The van der Waals surface area contributed by atoms with Gasteiger partial charge in [-0.2, -0.15) is 0 Å². The van der Waals surface area contributed by atoms with Gasteiger partial charge < -0.3 is 10.6 Å². The van der Waals surface area contributed by atoms with Gasteiger partial charge in [-0.1, -0.05) is 0 Å². The second kappa shape index (κ2) is 6.74. The maximum atomic E-state index is 12.3. The molecule has 120 valence electrons. The van der Waals surface area contributed by atoms with Crippen molar-refractivity contribution in [2.45, 2.75) is 6.92 Å². The quantitative estimate of drug-likeness (QED) is 0.772. The lowest BCUT2D eigenvalue weighted by Crippen LogP contribution is -2.12. The molecule has 3 aromatic rings. The van der Waals surface area contributed by atoms with Crippen LogP contribution >= 0.6 is 0 Å². The fraction of sp³-hybridized carbons (Fsp3) is 0.0588.